The predicted octanol–water partition coefficient (Wildman–Crippen LogP) is 2.57. The molecule has 2 aromatic heterocycles. The molecule has 172 valence electrons. The minimum Gasteiger partial charge on any atom is -0.494 e. The molecular formula is C24H27N5O4. The number of ether oxygens (including phenoxy) is 2. The van der Waals surface area contributed by atoms with Crippen molar-refractivity contribution in [3.05, 3.63) is 66.6 Å². The van der Waals surface area contributed by atoms with Gasteiger partial charge in [-0.05, 0) is 31.2 Å². The highest BCUT2D eigenvalue weighted by Crippen LogP contribution is 2.31. The van der Waals surface area contributed by atoms with E-state index in [1.807, 2.05) is 35.2 Å². The highest BCUT2D eigenvalue weighted by atomic mass is 16.5. The van der Waals surface area contributed by atoms with Crippen LogP contribution < -0.4 is 20.1 Å². The molecule has 0 saturated carbocycles. The maximum absolute atomic E-state index is 13.2. The fourth-order valence-electron chi connectivity index (χ4n) is 3.88. The van der Waals surface area contributed by atoms with Crippen molar-refractivity contribution in [1.82, 2.24) is 14.9 Å². The van der Waals surface area contributed by atoms with E-state index in [0.717, 1.165) is 5.69 Å². The Morgan fingerprint density at radius 3 is 2.58 bits per heavy atom. The summed E-state index contributed by atoms with van der Waals surface area (Å²) in [7, 11) is 1.57. The van der Waals surface area contributed by atoms with Crippen LogP contribution >= 0.6 is 0 Å². The van der Waals surface area contributed by atoms with Crippen LogP contribution in [0.1, 0.15) is 17.4 Å². The van der Waals surface area contributed by atoms with Gasteiger partial charge in [0.2, 0.25) is 0 Å². The van der Waals surface area contributed by atoms with Gasteiger partial charge >= 0.3 is 0 Å². The normalized spacial score (nSPS) is 16.9. The summed E-state index contributed by atoms with van der Waals surface area (Å²) in [5, 5.41) is 10.5. The van der Waals surface area contributed by atoms with Crippen LogP contribution in [-0.2, 0) is 0 Å². The number of nitrogens with zero attached hydrogens (tertiary/aromatic N) is 4. The van der Waals surface area contributed by atoms with Crippen molar-refractivity contribution in [3.8, 4) is 17.2 Å². The van der Waals surface area contributed by atoms with Crippen molar-refractivity contribution in [2.24, 2.45) is 0 Å². The van der Waals surface area contributed by atoms with Gasteiger partial charge < -0.3 is 30.1 Å². The Bertz CT molecular complexity index is 1090. The smallest absolute Gasteiger partial charge is 0.272 e. The molecule has 9 nitrogen and oxygen atoms in total. The summed E-state index contributed by atoms with van der Waals surface area (Å²) in [4.78, 5) is 25.4. The van der Waals surface area contributed by atoms with Crippen molar-refractivity contribution >= 4 is 17.4 Å². The molecule has 0 unspecified atom stereocenters. The number of pyridine rings is 2. The Balaban J connectivity index is 1.49. The average molecular weight is 450 g/mol. The van der Waals surface area contributed by atoms with Crippen LogP contribution in [-0.4, -0.2) is 64.8 Å². The molecule has 9 heteroatoms. The number of nitrogens with two attached hydrogens (primary N) is 1. The van der Waals surface area contributed by atoms with Crippen LogP contribution in [0.15, 0.2) is 60.9 Å². The van der Waals surface area contributed by atoms with Gasteiger partial charge in [0.15, 0.2) is 0 Å². The van der Waals surface area contributed by atoms with E-state index in [4.69, 9.17) is 15.2 Å². The number of hydrogen-bond acceptors (Lipinski definition) is 8. The number of hydrogen-bond donors (Lipinski definition) is 2. The Morgan fingerprint density at radius 2 is 1.91 bits per heavy atom. The van der Waals surface area contributed by atoms with Crippen molar-refractivity contribution in [2.45, 2.75) is 19.1 Å². The third-order valence-electron chi connectivity index (χ3n) is 5.60. The lowest BCUT2D eigenvalue weighted by atomic mass is 10.1. The lowest BCUT2D eigenvalue weighted by Crippen LogP contribution is -2.59. The number of anilines is 2. The number of aliphatic hydroxyl groups excluding tert-OH is 1. The van der Waals surface area contributed by atoms with E-state index in [1.165, 1.54) is 6.20 Å². The first kappa shape index (κ1) is 22.3. The molecule has 3 heterocycles. The molecule has 0 bridgehead atoms. The lowest BCUT2D eigenvalue weighted by molar-refractivity contribution is 0.0367. The molecule has 0 spiro atoms. The summed E-state index contributed by atoms with van der Waals surface area (Å²) in [6.45, 7) is 3.05. The Labute approximate surface area is 192 Å². The van der Waals surface area contributed by atoms with E-state index in [2.05, 4.69) is 9.97 Å². The van der Waals surface area contributed by atoms with Gasteiger partial charge in [-0.1, -0.05) is 18.2 Å². The van der Waals surface area contributed by atoms with E-state index >= 15 is 0 Å². The van der Waals surface area contributed by atoms with Crippen molar-refractivity contribution in [3.63, 3.8) is 0 Å². The van der Waals surface area contributed by atoms with Crippen LogP contribution in [0.3, 0.4) is 0 Å². The second-order valence-corrected chi connectivity index (χ2v) is 7.83. The number of para-hydroxylation sites is 1. The molecule has 4 rings (SSSR count). The SMILES string of the molecule is COc1cc(N)ncc1N1CCN(C(=O)c2ccc(Oc3ccccc3)cn2)[C@@H]([C@@H](C)O)C1. The highest BCUT2D eigenvalue weighted by molar-refractivity contribution is 5.93. The van der Waals surface area contributed by atoms with Crippen LogP contribution in [0.2, 0.25) is 0 Å². The van der Waals surface area contributed by atoms with Crippen molar-refractivity contribution in [2.75, 3.05) is 37.4 Å². The standard InChI is InChI=1S/C24H27N5O4/c1-16(30)21-15-28(20-14-27-23(25)12-22(20)32-2)10-11-29(21)24(31)19-9-8-18(13-26-19)33-17-6-4-3-5-7-17/h3-9,12-14,16,21,30H,10-11,15H2,1-2H3,(H2,25,27)/t16-,21-/m1/s1. The summed E-state index contributed by atoms with van der Waals surface area (Å²) in [6.07, 6.45) is 2.43. The van der Waals surface area contributed by atoms with E-state index in [9.17, 15) is 9.90 Å². The topological polar surface area (TPSA) is 114 Å². The van der Waals surface area contributed by atoms with Crippen molar-refractivity contribution < 1.29 is 19.4 Å². The Morgan fingerprint density at radius 1 is 1.12 bits per heavy atom. The second kappa shape index (κ2) is 9.74. The largest absolute Gasteiger partial charge is 0.494 e. The fraction of sp³-hybridized carbons (Fsp3) is 0.292. The first-order valence-corrected chi connectivity index (χ1v) is 10.7. The number of piperazine rings is 1. The molecule has 2 atom stereocenters. The van der Waals surface area contributed by atoms with E-state index < -0.39 is 12.1 Å². The van der Waals surface area contributed by atoms with Gasteiger partial charge in [-0.25, -0.2) is 9.97 Å². The summed E-state index contributed by atoms with van der Waals surface area (Å²) in [5.41, 5.74) is 6.83. The number of carbonyl (C=O) groups is 1. The molecule has 1 amide bonds. The second-order valence-electron chi connectivity index (χ2n) is 7.83. The number of rotatable bonds is 6. The molecule has 1 saturated heterocycles. The monoisotopic (exact) mass is 449 g/mol. The average Bonchev–Trinajstić information content (AvgIpc) is 2.84. The van der Waals surface area contributed by atoms with Crippen LogP contribution in [0, 0.1) is 0 Å². The van der Waals surface area contributed by atoms with Gasteiger partial charge in [0, 0.05) is 25.7 Å². The fourth-order valence-corrected chi connectivity index (χ4v) is 3.88. The third-order valence-corrected chi connectivity index (χ3v) is 5.60. The molecule has 1 aliphatic heterocycles. The number of nitrogen functional groups attached to an aromatic ring is 1. The zero-order valence-electron chi connectivity index (χ0n) is 18.6. The number of amides is 1. The molecule has 0 aliphatic carbocycles. The third kappa shape index (κ3) is 4.98. The highest BCUT2D eigenvalue weighted by Gasteiger charge is 2.35. The van der Waals surface area contributed by atoms with Crippen LogP contribution in [0.5, 0.6) is 17.2 Å². The first-order chi connectivity index (χ1) is 16.0. The number of benzene rings is 1. The maximum Gasteiger partial charge on any atom is 0.272 e. The lowest BCUT2D eigenvalue weighted by Gasteiger charge is -2.43. The molecular weight excluding hydrogens is 422 g/mol. The predicted molar refractivity (Wildman–Crippen MR) is 125 cm³/mol. The molecule has 33 heavy (non-hydrogen) atoms. The minimum atomic E-state index is -0.745. The summed E-state index contributed by atoms with van der Waals surface area (Å²) in [6, 6.07) is 13.9. The van der Waals surface area contributed by atoms with E-state index in [0.29, 0.717) is 48.4 Å². The summed E-state index contributed by atoms with van der Waals surface area (Å²) < 4.78 is 11.2. The summed E-state index contributed by atoms with van der Waals surface area (Å²) in [5.74, 6) is 1.95. The number of methoxy groups -OCH3 is 1. The molecule has 1 aromatic carbocycles. The molecule has 3 N–H and O–H groups in total. The van der Waals surface area contributed by atoms with Crippen LogP contribution in [0.25, 0.3) is 0 Å². The van der Waals surface area contributed by atoms with Gasteiger partial charge in [0.05, 0.1) is 37.3 Å². The Hall–Kier alpha value is -3.85. The number of aromatic nitrogens is 2. The zero-order chi connectivity index (χ0) is 23.4. The van der Waals surface area contributed by atoms with E-state index in [1.54, 1.807) is 43.3 Å². The summed E-state index contributed by atoms with van der Waals surface area (Å²) >= 11 is 0. The van der Waals surface area contributed by atoms with Crippen LogP contribution in [0.4, 0.5) is 11.5 Å². The van der Waals surface area contributed by atoms with Gasteiger partial charge in [-0.3, -0.25) is 4.79 Å². The van der Waals surface area contributed by atoms with Gasteiger partial charge in [0.1, 0.15) is 28.8 Å². The van der Waals surface area contributed by atoms with Gasteiger partial charge in [-0.15, -0.1) is 0 Å². The van der Waals surface area contributed by atoms with Crippen molar-refractivity contribution in [1.29, 1.82) is 0 Å². The molecule has 0 radical (unpaired) electrons. The number of aliphatic hydroxyl groups is 1. The Kier molecular flexibility index (Phi) is 6.60. The van der Waals surface area contributed by atoms with Gasteiger partial charge in [0.25, 0.3) is 5.91 Å². The zero-order valence-corrected chi connectivity index (χ0v) is 18.6. The minimum absolute atomic E-state index is 0.241. The molecule has 1 aliphatic rings. The quantitative estimate of drug-likeness (QED) is 0.590. The van der Waals surface area contributed by atoms with Gasteiger partial charge in [-0.2, -0.15) is 0 Å². The molecule has 3 aromatic rings. The van der Waals surface area contributed by atoms with E-state index in [-0.39, 0.29) is 5.91 Å². The first-order valence-electron chi connectivity index (χ1n) is 10.7. The maximum atomic E-state index is 13.2. The molecule has 1 fully saturated rings. The number of carbonyl (C=O) groups excluding carboxylic acids is 1.